The number of aliphatic hydroxyl groups excluding tert-OH is 1. The van der Waals surface area contributed by atoms with Crippen LogP contribution in [0, 0.1) is 0 Å². The van der Waals surface area contributed by atoms with Gasteiger partial charge >= 0.3 is 0 Å². The molecule has 0 heterocycles. The van der Waals surface area contributed by atoms with Crippen LogP contribution < -0.4 is 10.1 Å². The molecule has 1 unspecified atom stereocenters. The average molecular weight is 238 g/mol. The van der Waals surface area contributed by atoms with Crippen molar-refractivity contribution >= 4 is 0 Å². The summed E-state index contributed by atoms with van der Waals surface area (Å²) in [5.41, 5.74) is 1.30. The zero-order chi connectivity index (χ0) is 12.7. The fourth-order valence-corrected chi connectivity index (χ4v) is 1.51. The summed E-state index contributed by atoms with van der Waals surface area (Å²) in [6.07, 6.45) is 0.620. The lowest BCUT2D eigenvalue weighted by Gasteiger charge is -2.13. The van der Waals surface area contributed by atoms with Crippen LogP contribution >= 0.6 is 0 Å². The summed E-state index contributed by atoms with van der Waals surface area (Å²) >= 11 is 0. The lowest BCUT2D eigenvalue weighted by atomic mass is 10.2. The second-order valence-electron chi connectivity index (χ2n) is 4.68. The topological polar surface area (TPSA) is 46.1 Å². The van der Waals surface area contributed by atoms with Gasteiger partial charge in [-0.1, -0.05) is 19.1 Å². The van der Waals surface area contributed by atoms with Crippen molar-refractivity contribution in [1.29, 1.82) is 0 Å². The maximum absolute atomic E-state index is 9.70. The molecule has 0 bridgehead atoms. The maximum atomic E-state index is 9.70. The first-order valence-corrected chi connectivity index (χ1v) is 6.35. The Hall–Kier alpha value is -1.06. The molecular weight excluding hydrogens is 214 g/mol. The summed E-state index contributed by atoms with van der Waals surface area (Å²) in [5, 5.41) is 11.8. The summed E-state index contributed by atoms with van der Waals surface area (Å²) in [5.74, 6) is 0.825. The summed E-state index contributed by atoms with van der Waals surface area (Å²) in [4.78, 5) is 0. The Bertz CT molecular complexity index is 309. The average Bonchev–Trinajstić information content (AvgIpc) is 2.34. The number of quaternary nitrogens is 1. The Labute approximate surface area is 104 Å². The normalized spacial score (nSPS) is 12.8. The molecular formula is C14H24NO2+. The van der Waals surface area contributed by atoms with Crippen LogP contribution in [0.4, 0.5) is 0 Å². The molecule has 0 saturated heterocycles. The van der Waals surface area contributed by atoms with E-state index in [0.29, 0.717) is 19.2 Å². The highest BCUT2D eigenvalue weighted by Gasteiger charge is 2.08. The molecule has 0 fully saturated rings. The minimum atomic E-state index is -0.414. The first kappa shape index (κ1) is 14.0. The third kappa shape index (κ3) is 5.71. The van der Waals surface area contributed by atoms with Crippen LogP contribution in [0.15, 0.2) is 24.3 Å². The quantitative estimate of drug-likeness (QED) is 0.743. The number of aryl methyl sites for hydroxylation is 1. The number of rotatable bonds is 7. The molecule has 0 radical (unpaired) electrons. The van der Waals surface area contributed by atoms with Crippen molar-refractivity contribution in [2.24, 2.45) is 0 Å². The standard InChI is InChI=1S/C14H23NO2/c1-4-12-5-7-14(8-6-12)17-10-13(16)9-15-11(2)3/h5-8,11,13,15-16H,4,9-10H2,1-3H3/p+1. The van der Waals surface area contributed by atoms with E-state index in [1.165, 1.54) is 5.56 Å². The lowest BCUT2D eigenvalue weighted by molar-refractivity contribution is -0.688. The fraction of sp³-hybridized carbons (Fsp3) is 0.571. The molecule has 0 amide bonds. The highest BCUT2D eigenvalue weighted by atomic mass is 16.5. The van der Waals surface area contributed by atoms with E-state index in [4.69, 9.17) is 4.74 Å². The smallest absolute Gasteiger partial charge is 0.137 e. The number of nitrogens with two attached hydrogens (primary N) is 1. The Kier molecular flexibility index (Phi) is 6.01. The van der Waals surface area contributed by atoms with Crippen molar-refractivity contribution in [2.45, 2.75) is 39.3 Å². The Morgan fingerprint density at radius 1 is 1.24 bits per heavy atom. The molecule has 1 aromatic rings. The zero-order valence-electron chi connectivity index (χ0n) is 11.0. The van der Waals surface area contributed by atoms with Crippen molar-refractivity contribution in [2.75, 3.05) is 13.2 Å². The van der Waals surface area contributed by atoms with E-state index in [2.05, 4.69) is 38.2 Å². The Morgan fingerprint density at radius 2 is 1.88 bits per heavy atom. The monoisotopic (exact) mass is 238 g/mol. The van der Waals surface area contributed by atoms with Crippen LogP contribution in [0.1, 0.15) is 26.3 Å². The molecule has 96 valence electrons. The molecule has 17 heavy (non-hydrogen) atoms. The van der Waals surface area contributed by atoms with Gasteiger partial charge < -0.3 is 15.2 Å². The molecule has 0 spiro atoms. The summed E-state index contributed by atoms with van der Waals surface area (Å²) < 4.78 is 5.53. The predicted molar refractivity (Wildman–Crippen MR) is 69.3 cm³/mol. The van der Waals surface area contributed by atoms with Gasteiger partial charge in [0.25, 0.3) is 0 Å². The van der Waals surface area contributed by atoms with E-state index < -0.39 is 6.10 Å². The molecule has 0 aromatic heterocycles. The molecule has 1 rings (SSSR count). The van der Waals surface area contributed by atoms with Crippen molar-refractivity contribution in [3.8, 4) is 5.75 Å². The van der Waals surface area contributed by atoms with Gasteiger partial charge in [0.15, 0.2) is 0 Å². The maximum Gasteiger partial charge on any atom is 0.137 e. The molecule has 3 N–H and O–H groups in total. The van der Waals surface area contributed by atoms with Gasteiger partial charge in [-0.05, 0) is 38.0 Å². The van der Waals surface area contributed by atoms with Crippen molar-refractivity contribution in [3.63, 3.8) is 0 Å². The van der Waals surface area contributed by atoms with Crippen LogP contribution in [0.5, 0.6) is 5.75 Å². The van der Waals surface area contributed by atoms with Crippen molar-refractivity contribution < 1.29 is 15.2 Å². The summed E-state index contributed by atoms with van der Waals surface area (Å²) in [6, 6.07) is 8.53. The second kappa shape index (κ2) is 7.30. The van der Waals surface area contributed by atoms with E-state index in [-0.39, 0.29) is 0 Å². The molecule has 0 aliphatic rings. The van der Waals surface area contributed by atoms with E-state index in [1.807, 2.05) is 12.1 Å². The van der Waals surface area contributed by atoms with Crippen LogP contribution in [-0.2, 0) is 6.42 Å². The summed E-state index contributed by atoms with van der Waals surface area (Å²) in [6.45, 7) is 7.38. The van der Waals surface area contributed by atoms with E-state index in [0.717, 1.165) is 12.2 Å². The molecule has 3 nitrogen and oxygen atoms in total. The molecule has 0 aliphatic carbocycles. The summed E-state index contributed by atoms with van der Waals surface area (Å²) in [7, 11) is 0. The van der Waals surface area contributed by atoms with Gasteiger partial charge in [-0.25, -0.2) is 0 Å². The second-order valence-corrected chi connectivity index (χ2v) is 4.68. The number of hydrogen-bond acceptors (Lipinski definition) is 2. The van der Waals surface area contributed by atoms with Gasteiger partial charge in [0.1, 0.15) is 25.0 Å². The highest BCUT2D eigenvalue weighted by molar-refractivity contribution is 5.27. The van der Waals surface area contributed by atoms with Gasteiger partial charge in [0, 0.05) is 0 Å². The van der Waals surface area contributed by atoms with E-state index >= 15 is 0 Å². The van der Waals surface area contributed by atoms with Crippen LogP contribution in [0.3, 0.4) is 0 Å². The van der Waals surface area contributed by atoms with Crippen LogP contribution in [-0.4, -0.2) is 30.4 Å². The lowest BCUT2D eigenvalue weighted by Crippen LogP contribution is -2.90. The largest absolute Gasteiger partial charge is 0.491 e. The van der Waals surface area contributed by atoms with Gasteiger partial charge in [-0.15, -0.1) is 0 Å². The number of aliphatic hydroxyl groups is 1. The van der Waals surface area contributed by atoms with Gasteiger partial charge in [0.2, 0.25) is 0 Å². The van der Waals surface area contributed by atoms with Crippen molar-refractivity contribution in [3.05, 3.63) is 29.8 Å². The van der Waals surface area contributed by atoms with Crippen LogP contribution in [0.25, 0.3) is 0 Å². The minimum absolute atomic E-state index is 0.356. The third-order valence-electron chi connectivity index (χ3n) is 2.65. The van der Waals surface area contributed by atoms with Crippen LogP contribution in [0.2, 0.25) is 0 Å². The molecule has 0 aliphatic heterocycles. The highest BCUT2D eigenvalue weighted by Crippen LogP contribution is 2.12. The third-order valence-corrected chi connectivity index (χ3v) is 2.65. The predicted octanol–water partition coefficient (Wildman–Crippen LogP) is 0.960. The number of hydrogen-bond donors (Lipinski definition) is 2. The Balaban J connectivity index is 2.29. The molecule has 3 heteroatoms. The molecule has 0 saturated carbocycles. The zero-order valence-corrected chi connectivity index (χ0v) is 11.0. The first-order valence-electron chi connectivity index (χ1n) is 6.35. The van der Waals surface area contributed by atoms with E-state index in [1.54, 1.807) is 0 Å². The van der Waals surface area contributed by atoms with E-state index in [9.17, 15) is 5.11 Å². The van der Waals surface area contributed by atoms with Gasteiger partial charge in [0.05, 0.1) is 6.04 Å². The van der Waals surface area contributed by atoms with Gasteiger partial charge in [-0.2, -0.15) is 0 Å². The SMILES string of the molecule is CCc1ccc(OCC(O)C[NH2+]C(C)C)cc1. The Morgan fingerprint density at radius 3 is 2.41 bits per heavy atom. The first-order chi connectivity index (χ1) is 8.11. The number of ether oxygens (including phenoxy) is 1. The fourth-order valence-electron chi connectivity index (χ4n) is 1.51. The minimum Gasteiger partial charge on any atom is -0.491 e. The van der Waals surface area contributed by atoms with Crippen molar-refractivity contribution in [1.82, 2.24) is 0 Å². The van der Waals surface area contributed by atoms with Gasteiger partial charge in [-0.3, -0.25) is 0 Å². The number of benzene rings is 1. The molecule has 1 aromatic carbocycles. The molecule has 1 atom stereocenters.